The number of primary amides is 1. The minimum absolute atomic E-state index is 0.162. The number of carbonyl (C=O) groups excluding carboxylic acids is 2. The Morgan fingerprint density at radius 3 is 2.18 bits per heavy atom. The van der Waals surface area contributed by atoms with Crippen LogP contribution in [0.15, 0.2) is 0 Å². The summed E-state index contributed by atoms with van der Waals surface area (Å²) in [6.07, 6.45) is -0.360. The molecule has 0 aromatic heterocycles. The first-order valence-corrected chi connectivity index (χ1v) is 4.60. The lowest BCUT2D eigenvalue weighted by molar-refractivity contribution is -0.139. The molecular formula is C8H13N3O6. The van der Waals surface area contributed by atoms with E-state index in [2.05, 4.69) is 0 Å². The molecule has 0 aliphatic rings. The van der Waals surface area contributed by atoms with Crippen LogP contribution < -0.4 is 16.4 Å². The Morgan fingerprint density at radius 2 is 1.76 bits per heavy atom. The molecule has 0 unspecified atom stereocenters. The van der Waals surface area contributed by atoms with Crippen molar-refractivity contribution in [1.82, 2.24) is 10.6 Å². The van der Waals surface area contributed by atoms with E-state index in [9.17, 15) is 19.2 Å². The SMILES string of the molecule is NC(=O)CC[C@H](NC(=O)NCC(=O)O)C(=O)O. The molecule has 0 radical (unpaired) electrons. The Balaban J connectivity index is 4.15. The summed E-state index contributed by atoms with van der Waals surface area (Å²) in [4.78, 5) is 42.3. The first-order chi connectivity index (χ1) is 7.82. The maximum absolute atomic E-state index is 11.0. The van der Waals surface area contributed by atoms with Crippen LogP contribution in [0.5, 0.6) is 0 Å². The quantitative estimate of drug-likeness (QED) is 0.353. The van der Waals surface area contributed by atoms with Crippen LogP contribution in [0.25, 0.3) is 0 Å². The molecule has 3 amide bonds. The fourth-order valence-electron chi connectivity index (χ4n) is 0.909. The van der Waals surface area contributed by atoms with Gasteiger partial charge in [0.25, 0.3) is 0 Å². The summed E-state index contributed by atoms with van der Waals surface area (Å²) in [6, 6.07) is -2.24. The Hall–Kier alpha value is -2.32. The molecule has 0 rings (SSSR count). The van der Waals surface area contributed by atoms with Crippen molar-refractivity contribution in [1.29, 1.82) is 0 Å². The van der Waals surface area contributed by atoms with Crippen LogP contribution in [0.2, 0.25) is 0 Å². The number of hydrogen-bond donors (Lipinski definition) is 5. The zero-order chi connectivity index (χ0) is 13.4. The van der Waals surface area contributed by atoms with Gasteiger partial charge in [-0.15, -0.1) is 0 Å². The highest BCUT2D eigenvalue weighted by Gasteiger charge is 2.20. The van der Waals surface area contributed by atoms with Gasteiger partial charge in [0.2, 0.25) is 5.91 Å². The number of carbonyl (C=O) groups is 4. The predicted octanol–water partition coefficient (Wildman–Crippen LogP) is -1.91. The lowest BCUT2D eigenvalue weighted by Gasteiger charge is -2.13. The summed E-state index contributed by atoms with van der Waals surface area (Å²) in [6.45, 7) is -0.631. The number of carboxylic acid groups (broad SMARTS) is 2. The van der Waals surface area contributed by atoms with Gasteiger partial charge in [0.15, 0.2) is 0 Å². The van der Waals surface area contributed by atoms with Crippen molar-refractivity contribution in [2.24, 2.45) is 5.73 Å². The molecule has 0 aromatic rings. The molecule has 96 valence electrons. The third-order valence-corrected chi connectivity index (χ3v) is 1.68. The monoisotopic (exact) mass is 247 g/mol. The van der Waals surface area contributed by atoms with Crippen LogP contribution in [0, 0.1) is 0 Å². The van der Waals surface area contributed by atoms with Crippen molar-refractivity contribution >= 4 is 23.9 Å². The molecular weight excluding hydrogens is 234 g/mol. The van der Waals surface area contributed by atoms with Crippen LogP contribution in [0.1, 0.15) is 12.8 Å². The van der Waals surface area contributed by atoms with E-state index in [0.29, 0.717) is 0 Å². The first-order valence-electron chi connectivity index (χ1n) is 4.60. The molecule has 0 saturated heterocycles. The van der Waals surface area contributed by atoms with Crippen LogP contribution >= 0.6 is 0 Å². The van der Waals surface area contributed by atoms with Crippen LogP contribution in [0.3, 0.4) is 0 Å². The number of urea groups is 1. The van der Waals surface area contributed by atoms with Crippen molar-refractivity contribution in [3.05, 3.63) is 0 Å². The summed E-state index contributed by atoms with van der Waals surface area (Å²) in [7, 11) is 0. The number of aliphatic carboxylic acids is 2. The van der Waals surface area contributed by atoms with Crippen LogP contribution in [-0.2, 0) is 14.4 Å². The van der Waals surface area contributed by atoms with E-state index in [0.717, 1.165) is 0 Å². The van der Waals surface area contributed by atoms with Gasteiger partial charge in [-0.05, 0) is 6.42 Å². The molecule has 0 bridgehead atoms. The normalized spacial score (nSPS) is 11.3. The number of amides is 3. The van der Waals surface area contributed by atoms with Crippen molar-refractivity contribution in [3.8, 4) is 0 Å². The number of rotatable bonds is 7. The molecule has 0 aliphatic carbocycles. The molecule has 0 heterocycles. The Labute approximate surface area is 96.0 Å². The molecule has 9 nitrogen and oxygen atoms in total. The minimum atomic E-state index is -1.34. The standard InChI is InChI=1S/C8H13N3O6/c9-5(12)2-1-4(7(15)16)11-8(17)10-3-6(13)14/h4H,1-3H2,(H2,9,12)(H,13,14)(H,15,16)(H2,10,11,17)/t4-/m0/s1. The zero-order valence-corrected chi connectivity index (χ0v) is 8.80. The first kappa shape index (κ1) is 14.7. The lowest BCUT2D eigenvalue weighted by Crippen LogP contribution is -2.47. The summed E-state index contributed by atoms with van der Waals surface area (Å²) in [5, 5.41) is 20.9. The second-order valence-corrected chi connectivity index (χ2v) is 3.12. The summed E-state index contributed by atoms with van der Waals surface area (Å²) >= 11 is 0. The van der Waals surface area contributed by atoms with E-state index >= 15 is 0 Å². The second-order valence-electron chi connectivity index (χ2n) is 3.12. The van der Waals surface area contributed by atoms with Crippen molar-refractivity contribution in [2.45, 2.75) is 18.9 Å². The third-order valence-electron chi connectivity index (χ3n) is 1.68. The molecule has 9 heteroatoms. The van der Waals surface area contributed by atoms with Crippen LogP contribution in [0.4, 0.5) is 4.79 Å². The topological polar surface area (TPSA) is 159 Å². The molecule has 0 saturated carbocycles. The Bertz CT molecular complexity index is 329. The average molecular weight is 247 g/mol. The number of nitrogens with one attached hydrogen (secondary N) is 2. The van der Waals surface area contributed by atoms with E-state index in [1.54, 1.807) is 0 Å². The van der Waals surface area contributed by atoms with E-state index in [1.165, 1.54) is 0 Å². The lowest BCUT2D eigenvalue weighted by atomic mass is 10.1. The summed E-state index contributed by atoms with van der Waals surface area (Å²) < 4.78 is 0. The van der Waals surface area contributed by atoms with Gasteiger partial charge in [-0.3, -0.25) is 9.59 Å². The van der Waals surface area contributed by atoms with Crippen LogP contribution in [-0.4, -0.2) is 46.7 Å². The summed E-state index contributed by atoms with van der Waals surface area (Å²) in [5.41, 5.74) is 4.83. The fourth-order valence-corrected chi connectivity index (χ4v) is 0.909. The van der Waals surface area contributed by atoms with Gasteiger partial charge in [-0.1, -0.05) is 0 Å². The molecule has 6 N–H and O–H groups in total. The fraction of sp³-hybridized carbons (Fsp3) is 0.500. The van der Waals surface area contributed by atoms with Gasteiger partial charge in [-0.25, -0.2) is 9.59 Å². The van der Waals surface area contributed by atoms with E-state index in [-0.39, 0.29) is 12.8 Å². The van der Waals surface area contributed by atoms with Gasteiger partial charge in [0.1, 0.15) is 12.6 Å². The highest BCUT2D eigenvalue weighted by atomic mass is 16.4. The number of carboxylic acids is 2. The number of nitrogens with two attached hydrogens (primary N) is 1. The maximum Gasteiger partial charge on any atom is 0.326 e. The highest BCUT2D eigenvalue weighted by molar-refractivity contribution is 5.85. The second kappa shape index (κ2) is 7.04. The zero-order valence-electron chi connectivity index (χ0n) is 8.80. The van der Waals surface area contributed by atoms with Crippen molar-refractivity contribution in [3.63, 3.8) is 0 Å². The van der Waals surface area contributed by atoms with Gasteiger partial charge < -0.3 is 26.6 Å². The van der Waals surface area contributed by atoms with Gasteiger partial charge in [0, 0.05) is 6.42 Å². The predicted molar refractivity (Wildman–Crippen MR) is 54.0 cm³/mol. The molecule has 0 aliphatic heterocycles. The number of hydrogen-bond acceptors (Lipinski definition) is 4. The van der Waals surface area contributed by atoms with E-state index < -0.39 is 36.5 Å². The Kier molecular flexibility index (Phi) is 6.08. The molecule has 17 heavy (non-hydrogen) atoms. The molecule has 0 aromatic carbocycles. The smallest absolute Gasteiger partial charge is 0.326 e. The molecule has 0 fully saturated rings. The maximum atomic E-state index is 11.0. The minimum Gasteiger partial charge on any atom is -0.480 e. The average Bonchev–Trinajstić information content (AvgIpc) is 2.20. The molecule has 0 spiro atoms. The Morgan fingerprint density at radius 1 is 1.18 bits per heavy atom. The third kappa shape index (κ3) is 7.59. The van der Waals surface area contributed by atoms with Gasteiger partial charge in [-0.2, -0.15) is 0 Å². The van der Waals surface area contributed by atoms with Crippen molar-refractivity contribution in [2.75, 3.05) is 6.54 Å². The van der Waals surface area contributed by atoms with Crippen molar-refractivity contribution < 1.29 is 29.4 Å². The summed E-state index contributed by atoms with van der Waals surface area (Å²) in [5.74, 6) is -3.29. The highest BCUT2D eigenvalue weighted by Crippen LogP contribution is 1.97. The van der Waals surface area contributed by atoms with Gasteiger partial charge in [0.05, 0.1) is 0 Å². The van der Waals surface area contributed by atoms with E-state index in [4.69, 9.17) is 15.9 Å². The molecule has 1 atom stereocenters. The van der Waals surface area contributed by atoms with Gasteiger partial charge >= 0.3 is 18.0 Å². The largest absolute Gasteiger partial charge is 0.480 e. The van der Waals surface area contributed by atoms with E-state index in [1.807, 2.05) is 10.6 Å².